The van der Waals surface area contributed by atoms with Crippen LogP contribution in [0.1, 0.15) is 70.3 Å². The SMILES string of the molecule is COc1c(C[C@@H](B2O[C@@H]3C[C@@H]4C[C@@H](C4(C)C)[C@]3(C)O2)N([Si](C)(C)C)[Si](C)(C)C)cccc1C(=O)OC(C)(C)C. The number of ether oxygens (including phenoxy) is 2. The van der Waals surface area contributed by atoms with Gasteiger partial charge in [0.1, 0.15) is 33.4 Å². The van der Waals surface area contributed by atoms with Crippen LogP contribution in [0.25, 0.3) is 0 Å². The molecule has 4 fully saturated rings. The van der Waals surface area contributed by atoms with Crippen LogP contribution in [-0.2, 0) is 20.5 Å². The summed E-state index contributed by atoms with van der Waals surface area (Å²) < 4.78 is 28.5. The number of hydrogen-bond acceptors (Lipinski definition) is 6. The fourth-order valence-corrected chi connectivity index (χ4v) is 18.5. The molecule has 3 aliphatic carbocycles. The van der Waals surface area contributed by atoms with Crippen LogP contribution in [0, 0.1) is 17.3 Å². The molecule has 9 heteroatoms. The first-order valence-corrected chi connectivity index (χ1v) is 21.6. The highest BCUT2D eigenvalue weighted by atomic mass is 28.4. The molecule has 0 N–H and O–H groups in total. The van der Waals surface area contributed by atoms with E-state index < -0.39 is 22.1 Å². The summed E-state index contributed by atoms with van der Waals surface area (Å²) in [6, 6.07) is 5.82. The first-order chi connectivity index (χ1) is 17.7. The van der Waals surface area contributed by atoms with Crippen molar-refractivity contribution in [2.75, 3.05) is 7.11 Å². The van der Waals surface area contributed by atoms with Crippen LogP contribution in [0.5, 0.6) is 5.75 Å². The zero-order valence-electron chi connectivity index (χ0n) is 26.7. The number of nitrogens with zero attached hydrogens (tertiary/aromatic N) is 1. The summed E-state index contributed by atoms with van der Waals surface area (Å²) in [4.78, 5) is 13.2. The van der Waals surface area contributed by atoms with Crippen LogP contribution in [0.2, 0.25) is 39.3 Å². The van der Waals surface area contributed by atoms with Gasteiger partial charge in [0.05, 0.1) is 18.8 Å². The van der Waals surface area contributed by atoms with Gasteiger partial charge in [-0.1, -0.05) is 65.3 Å². The Morgan fingerprint density at radius 3 is 2.23 bits per heavy atom. The van der Waals surface area contributed by atoms with Crippen molar-refractivity contribution in [3.8, 4) is 5.75 Å². The fourth-order valence-electron chi connectivity index (χ4n) is 8.08. The van der Waals surface area contributed by atoms with E-state index in [1.807, 2.05) is 26.8 Å². The Morgan fingerprint density at radius 2 is 1.72 bits per heavy atom. The summed E-state index contributed by atoms with van der Waals surface area (Å²) in [5, 5.41) is 0. The summed E-state index contributed by atoms with van der Waals surface area (Å²) in [5.74, 6) is 1.47. The van der Waals surface area contributed by atoms with Gasteiger partial charge in [0, 0.05) is 5.94 Å². The Kier molecular flexibility index (Phi) is 7.90. The number of para-hydroxylation sites is 1. The van der Waals surface area contributed by atoms with Gasteiger partial charge in [-0.2, -0.15) is 0 Å². The van der Waals surface area contributed by atoms with E-state index in [0.717, 1.165) is 12.0 Å². The largest absolute Gasteiger partial charge is 0.496 e. The molecule has 1 heterocycles. The maximum Gasteiger partial charge on any atom is 0.475 e. The number of methoxy groups -OCH3 is 1. The standard InChI is InChI=1S/C30H52BNO5Si2/c1-28(2,3)35-27(33)22-16-14-15-20(26(22)34-7)17-25(32(38(8,9)10)39(11,12)13)31-36-24-19-21-18-23(29(21,4)5)30(24,6)37-31/h14-16,21,23-25H,17-19H2,1-13H3/t21-,23-,24+,25-,30-/m0/s1. The van der Waals surface area contributed by atoms with E-state index in [1.165, 1.54) is 6.42 Å². The van der Waals surface area contributed by atoms with E-state index in [-0.39, 0.29) is 30.7 Å². The molecule has 4 aliphatic rings. The van der Waals surface area contributed by atoms with E-state index >= 15 is 0 Å². The molecule has 5 atom stereocenters. The van der Waals surface area contributed by atoms with E-state index in [9.17, 15) is 4.79 Å². The Balaban J connectivity index is 1.75. The first-order valence-electron chi connectivity index (χ1n) is 14.7. The van der Waals surface area contributed by atoms with Crippen molar-refractivity contribution in [3.63, 3.8) is 0 Å². The summed E-state index contributed by atoms with van der Waals surface area (Å²) in [6.07, 6.45) is 3.11. The van der Waals surface area contributed by atoms with Gasteiger partial charge in [0.15, 0.2) is 0 Å². The molecular formula is C30H52BNO5Si2. The summed E-state index contributed by atoms with van der Waals surface area (Å²) >= 11 is 0. The molecule has 218 valence electrons. The molecule has 1 aromatic carbocycles. The lowest BCUT2D eigenvalue weighted by Gasteiger charge is -2.64. The van der Waals surface area contributed by atoms with Crippen molar-refractivity contribution in [3.05, 3.63) is 29.3 Å². The van der Waals surface area contributed by atoms with Crippen LogP contribution >= 0.6 is 0 Å². The maximum atomic E-state index is 13.2. The average Bonchev–Trinajstić information content (AvgIpc) is 3.12. The third kappa shape index (κ3) is 5.68. The minimum atomic E-state index is -1.81. The number of benzene rings is 1. The van der Waals surface area contributed by atoms with E-state index in [1.54, 1.807) is 13.2 Å². The van der Waals surface area contributed by atoms with E-state index in [0.29, 0.717) is 35.0 Å². The summed E-state index contributed by atoms with van der Waals surface area (Å²) in [5.41, 5.74) is 0.894. The molecule has 2 bridgehead atoms. The van der Waals surface area contributed by atoms with Crippen LogP contribution in [0.3, 0.4) is 0 Å². The van der Waals surface area contributed by atoms with Crippen LogP contribution in [-0.4, -0.2) is 64.1 Å². The summed E-state index contributed by atoms with van der Waals surface area (Å²) in [7, 11) is -2.30. The monoisotopic (exact) mass is 573 g/mol. The Morgan fingerprint density at radius 1 is 1.10 bits per heavy atom. The van der Waals surface area contributed by atoms with Gasteiger partial charge < -0.3 is 23.0 Å². The van der Waals surface area contributed by atoms with Crippen molar-refractivity contribution < 1.29 is 23.6 Å². The minimum absolute atomic E-state index is 0.0221. The van der Waals surface area contributed by atoms with E-state index in [2.05, 4.69) is 70.4 Å². The van der Waals surface area contributed by atoms with Gasteiger partial charge in [0.25, 0.3) is 0 Å². The lowest BCUT2D eigenvalue weighted by atomic mass is 9.43. The zero-order valence-corrected chi connectivity index (χ0v) is 28.7. The highest BCUT2D eigenvalue weighted by molar-refractivity contribution is 6.90. The maximum absolute atomic E-state index is 13.2. The number of hydrogen-bond donors (Lipinski definition) is 0. The Bertz CT molecular complexity index is 1080. The van der Waals surface area contributed by atoms with Crippen molar-refractivity contribution in [2.45, 2.75) is 123 Å². The highest BCUT2D eigenvalue weighted by Crippen LogP contribution is 2.66. The topological polar surface area (TPSA) is 57.2 Å². The molecule has 0 spiro atoms. The van der Waals surface area contributed by atoms with Crippen molar-refractivity contribution in [2.24, 2.45) is 17.3 Å². The molecular weight excluding hydrogens is 521 g/mol. The van der Waals surface area contributed by atoms with Gasteiger partial charge in [-0.05, 0) is 75.8 Å². The molecule has 0 radical (unpaired) electrons. The quantitative estimate of drug-likeness (QED) is 0.252. The molecule has 1 saturated heterocycles. The number of esters is 1. The molecule has 0 aromatic heterocycles. The highest BCUT2D eigenvalue weighted by Gasteiger charge is 2.69. The lowest BCUT2D eigenvalue weighted by molar-refractivity contribution is -0.199. The molecule has 5 rings (SSSR count). The predicted octanol–water partition coefficient (Wildman–Crippen LogP) is 6.80. The number of carbonyl (C=O) groups excluding carboxylic acids is 1. The second-order valence-corrected chi connectivity index (χ2v) is 25.9. The second-order valence-electron chi connectivity index (χ2n) is 15.8. The van der Waals surface area contributed by atoms with Crippen molar-refractivity contribution >= 4 is 29.6 Å². The average molecular weight is 574 g/mol. The number of carbonyl (C=O) groups is 1. The smallest absolute Gasteiger partial charge is 0.475 e. The molecule has 0 unspecified atom stereocenters. The molecule has 0 amide bonds. The third-order valence-electron chi connectivity index (χ3n) is 9.41. The van der Waals surface area contributed by atoms with E-state index in [4.69, 9.17) is 18.8 Å². The van der Waals surface area contributed by atoms with Gasteiger partial charge in [-0.3, -0.25) is 0 Å². The Hall–Kier alpha value is -1.13. The Labute approximate surface area is 239 Å². The number of rotatable bonds is 8. The van der Waals surface area contributed by atoms with Gasteiger partial charge in [0.2, 0.25) is 0 Å². The molecule has 1 aromatic rings. The van der Waals surface area contributed by atoms with Gasteiger partial charge in [-0.15, -0.1) is 0 Å². The van der Waals surface area contributed by atoms with Crippen molar-refractivity contribution in [1.82, 2.24) is 4.23 Å². The van der Waals surface area contributed by atoms with Gasteiger partial charge in [-0.25, -0.2) is 4.79 Å². The van der Waals surface area contributed by atoms with Crippen molar-refractivity contribution in [1.29, 1.82) is 0 Å². The van der Waals surface area contributed by atoms with Crippen LogP contribution < -0.4 is 4.74 Å². The third-order valence-corrected chi connectivity index (χ3v) is 17.0. The molecule has 39 heavy (non-hydrogen) atoms. The van der Waals surface area contributed by atoms with Crippen LogP contribution in [0.4, 0.5) is 0 Å². The molecule has 1 aliphatic heterocycles. The van der Waals surface area contributed by atoms with Crippen LogP contribution in [0.15, 0.2) is 18.2 Å². The van der Waals surface area contributed by atoms with Gasteiger partial charge >= 0.3 is 13.1 Å². The minimum Gasteiger partial charge on any atom is -0.496 e. The normalized spacial score (nSPS) is 29.1. The predicted molar refractivity (Wildman–Crippen MR) is 164 cm³/mol. The first kappa shape index (κ1) is 30.8. The lowest BCUT2D eigenvalue weighted by Crippen LogP contribution is -2.68. The second kappa shape index (κ2) is 10.0. The molecule has 3 saturated carbocycles. The molecule has 6 nitrogen and oxygen atoms in total. The summed E-state index contributed by atoms with van der Waals surface area (Å²) in [6.45, 7) is 27.3. The zero-order chi connectivity index (χ0) is 29.3. The fraction of sp³-hybridized carbons (Fsp3) is 0.767.